The van der Waals surface area contributed by atoms with Crippen molar-refractivity contribution in [1.82, 2.24) is 0 Å². The summed E-state index contributed by atoms with van der Waals surface area (Å²) in [6.07, 6.45) is -3.40. The second-order valence-electron chi connectivity index (χ2n) is 7.32. The van der Waals surface area contributed by atoms with E-state index in [9.17, 15) is 31.6 Å². The fourth-order valence-electron chi connectivity index (χ4n) is 3.05. The normalized spacial score (nSPS) is 11.9. The molecule has 192 valence electrons. The van der Waals surface area contributed by atoms with E-state index < -0.39 is 33.3 Å². The van der Waals surface area contributed by atoms with Gasteiger partial charge in [0.25, 0.3) is 5.91 Å². The Labute approximate surface area is 224 Å². The van der Waals surface area contributed by atoms with Crippen LogP contribution < -0.4 is 14.2 Å². The molecular weight excluding hydrogens is 624 g/mol. The summed E-state index contributed by atoms with van der Waals surface area (Å²) in [4.78, 5) is 12.5. The highest BCUT2D eigenvalue weighted by Crippen LogP contribution is 2.37. The molecule has 3 aromatic carbocycles. The number of carbonyl (C=O) groups excluding carboxylic acids is 1. The molecule has 3 aromatic rings. The Morgan fingerprint density at radius 3 is 2.43 bits per heavy atom. The van der Waals surface area contributed by atoms with Crippen molar-refractivity contribution in [1.29, 1.82) is 5.26 Å². The molecule has 0 spiro atoms. The first-order chi connectivity index (χ1) is 17.4. The number of hydrogen-bond acceptors (Lipinski definition) is 6. The molecule has 0 atom stereocenters. The number of hydrogen-bond donors (Lipinski definition) is 1. The lowest BCUT2D eigenvalue weighted by molar-refractivity contribution is -0.137. The molecule has 0 saturated carbocycles. The predicted molar refractivity (Wildman–Crippen MR) is 138 cm³/mol. The number of alkyl halides is 3. The standard InChI is InChI=1S/C25H18F3IN2O5S/c1-2-35-22-13-16(12-21(29)23(22)36-37(33,34)20-9-4-3-5-10-20)11-17(15-30)24(32)31-19-8-6-7-18(14-19)25(26,27)28/h3-14H,2H2,1H3,(H,31,32)/b17-11+. The number of nitrogens with zero attached hydrogens (tertiary/aromatic N) is 1. The Morgan fingerprint density at radius 1 is 1.11 bits per heavy atom. The fraction of sp³-hybridized carbons (Fsp3) is 0.120. The van der Waals surface area contributed by atoms with E-state index in [1.807, 2.05) is 22.6 Å². The largest absolute Gasteiger partial charge is 0.490 e. The molecule has 0 aliphatic carbocycles. The Morgan fingerprint density at radius 2 is 1.81 bits per heavy atom. The van der Waals surface area contributed by atoms with Crippen molar-refractivity contribution in [2.24, 2.45) is 0 Å². The highest BCUT2D eigenvalue weighted by atomic mass is 127. The van der Waals surface area contributed by atoms with E-state index >= 15 is 0 Å². The first-order valence-corrected chi connectivity index (χ1v) is 13.0. The van der Waals surface area contributed by atoms with Gasteiger partial charge < -0.3 is 14.2 Å². The average molecular weight is 642 g/mol. The van der Waals surface area contributed by atoms with Gasteiger partial charge in [-0.15, -0.1) is 0 Å². The van der Waals surface area contributed by atoms with Crippen LogP contribution in [-0.4, -0.2) is 20.9 Å². The van der Waals surface area contributed by atoms with E-state index in [0.717, 1.165) is 18.2 Å². The Hall–Kier alpha value is -3.57. The van der Waals surface area contributed by atoms with Crippen molar-refractivity contribution >= 4 is 50.4 Å². The fourth-order valence-corrected chi connectivity index (χ4v) is 4.91. The second kappa shape index (κ2) is 11.7. The minimum atomic E-state index is -4.60. The molecule has 3 rings (SSSR count). The molecule has 1 N–H and O–H groups in total. The highest BCUT2D eigenvalue weighted by molar-refractivity contribution is 14.1. The van der Waals surface area contributed by atoms with Gasteiger partial charge >= 0.3 is 16.3 Å². The molecule has 0 aromatic heterocycles. The summed E-state index contributed by atoms with van der Waals surface area (Å²) in [5, 5.41) is 11.8. The van der Waals surface area contributed by atoms with E-state index in [1.54, 1.807) is 31.2 Å². The lowest BCUT2D eigenvalue weighted by Crippen LogP contribution is -2.14. The number of ether oxygens (including phenoxy) is 1. The van der Waals surface area contributed by atoms with Gasteiger partial charge in [-0.2, -0.15) is 26.9 Å². The maximum absolute atomic E-state index is 13.0. The zero-order valence-electron chi connectivity index (χ0n) is 19.0. The van der Waals surface area contributed by atoms with Gasteiger partial charge in [-0.3, -0.25) is 4.79 Å². The molecule has 0 saturated heterocycles. The Kier molecular flexibility index (Phi) is 8.82. The Bertz CT molecular complexity index is 1480. The third-order valence-electron chi connectivity index (χ3n) is 4.68. The zero-order valence-corrected chi connectivity index (χ0v) is 22.0. The topological polar surface area (TPSA) is 105 Å². The molecule has 0 aliphatic heterocycles. The molecule has 37 heavy (non-hydrogen) atoms. The van der Waals surface area contributed by atoms with Crippen LogP contribution in [0.5, 0.6) is 11.5 Å². The van der Waals surface area contributed by atoms with Crippen molar-refractivity contribution in [3.63, 3.8) is 0 Å². The molecule has 0 unspecified atom stereocenters. The van der Waals surface area contributed by atoms with Crippen LogP contribution in [0.3, 0.4) is 0 Å². The van der Waals surface area contributed by atoms with Crippen LogP contribution in [0.1, 0.15) is 18.1 Å². The molecule has 1 amide bonds. The molecule has 0 heterocycles. The van der Waals surface area contributed by atoms with Crippen LogP contribution in [-0.2, 0) is 21.1 Å². The van der Waals surface area contributed by atoms with Crippen molar-refractivity contribution in [2.75, 3.05) is 11.9 Å². The predicted octanol–water partition coefficient (Wildman–Crippen LogP) is 6.02. The van der Waals surface area contributed by atoms with Gasteiger partial charge in [0.2, 0.25) is 0 Å². The van der Waals surface area contributed by atoms with Gasteiger partial charge in [0.05, 0.1) is 15.7 Å². The summed E-state index contributed by atoms with van der Waals surface area (Å²) in [5.41, 5.74) is -1.19. The van der Waals surface area contributed by atoms with Gasteiger partial charge in [0.15, 0.2) is 11.5 Å². The van der Waals surface area contributed by atoms with E-state index in [4.69, 9.17) is 8.92 Å². The quantitative estimate of drug-likeness (QED) is 0.140. The van der Waals surface area contributed by atoms with Crippen LogP contribution >= 0.6 is 22.6 Å². The van der Waals surface area contributed by atoms with Crippen molar-refractivity contribution in [3.05, 3.63) is 87.0 Å². The van der Waals surface area contributed by atoms with E-state index in [-0.39, 0.29) is 28.7 Å². The first kappa shape index (κ1) is 28.0. The monoisotopic (exact) mass is 642 g/mol. The number of rotatable bonds is 8. The smallest absolute Gasteiger partial charge is 0.416 e. The summed E-state index contributed by atoms with van der Waals surface area (Å²) in [5.74, 6) is -0.951. The summed E-state index contributed by atoms with van der Waals surface area (Å²) in [7, 11) is -4.18. The van der Waals surface area contributed by atoms with Crippen LogP contribution in [0, 0.1) is 14.9 Å². The summed E-state index contributed by atoms with van der Waals surface area (Å²) < 4.78 is 75.5. The number of amides is 1. The molecule has 12 heteroatoms. The minimum Gasteiger partial charge on any atom is -0.490 e. The first-order valence-electron chi connectivity index (χ1n) is 10.5. The lowest BCUT2D eigenvalue weighted by Gasteiger charge is -2.15. The lowest BCUT2D eigenvalue weighted by atomic mass is 10.1. The second-order valence-corrected chi connectivity index (χ2v) is 10.0. The van der Waals surface area contributed by atoms with Crippen LogP contribution in [0.25, 0.3) is 6.08 Å². The minimum absolute atomic E-state index is 0.0516. The maximum atomic E-state index is 13.0. The van der Waals surface area contributed by atoms with Crippen LogP contribution in [0.15, 0.2) is 77.2 Å². The van der Waals surface area contributed by atoms with E-state index in [1.165, 1.54) is 36.4 Å². The molecule has 0 fully saturated rings. The van der Waals surface area contributed by atoms with Crippen molar-refractivity contribution in [2.45, 2.75) is 18.0 Å². The number of anilines is 1. The number of benzene rings is 3. The van der Waals surface area contributed by atoms with Gasteiger partial charge in [-0.25, -0.2) is 0 Å². The molecule has 7 nitrogen and oxygen atoms in total. The maximum Gasteiger partial charge on any atom is 0.416 e. The van der Waals surface area contributed by atoms with Gasteiger partial charge in [-0.1, -0.05) is 24.3 Å². The van der Waals surface area contributed by atoms with E-state index in [0.29, 0.717) is 9.13 Å². The zero-order chi connectivity index (χ0) is 27.2. The van der Waals surface area contributed by atoms with Crippen LogP contribution in [0.4, 0.5) is 18.9 Å². The van der Waals surface area contributed by atoms with E-state index in [2.05, 4.69) is 5.32 Å². The van der Waals surface area contributed by atoms with Gasteiger partial charge in [-0.05, 0) is 83.6 Å². The Balaban J connectivity index is 1.92. The van der Waals surface area contributed by atoms with Crippen LogP contribution in [0.2, 0.25) is 0 Å². The average Bonchev–Trinajstić information content (AvgIpc) is 2.85. The summed E-state index contributed by atoms with van der Waals surface area (Å²) in [6.45, 7) is 1.83. The number of nitrogens with one attached hydrogen (secondary N) is 1. The SMILES string of the molecule is CCOc1cc(/C=C(\C#N)C(=O)Nc2cccc(C(F)(F)F)c2)cc(I)c1OS(=O)(=O)c1ccccc1. The molecule has 0 aliphatic rings. The summed E-state index contributed by atoms with van der Waals surface area (Å²) >= 11 is 1.83. The number of halogens is 4. The number of nitriles is 1. The van der Waals surface area contributed by atoms with Crippen molar-refractivity contribution < 1.29 is 35.3 Å². The highest BCUT2D eigenvalue weighted by Gasteiger charge is 2.30. The third-order valence-corrected chi connectivity index (χ3v) is 6.72. The van der Waals surface area contributed by atoms with Crippen molar-refractivity contribution in [3.8, 4) is 17.6 Å². The molecule has 0 radical (unpaired) electrons. The number of carbonyl (C=O) groups is 1. The molecule has 0 bridgehead atoms. The summed E-state index contributed by atoms with van der Waals surface area (Å²) in [6, 6.07) is 16.1. The molecular formula is C25H18F3IN2O5S. The third kappa shape index (κ3) is 7.23. The van der Waals surface area contributed by atoms with Gasteiger partial charge in [0.1, 0.15) is 16.5 Å². The van der Waals surface area contributed by atoms with Gasteiger partial charge in [0, 0.05) is 5.69 Å².